The van der Waals surface area contributed by atoms with E-state index in [9.17, 15) is 13.2 Å². The third-order valence-electron chi connectivity index (χ3n) is 4.36. The van der Waals surface area contributed by atoms with E-state index in [1.54, 1.807) is 31.2 Å². The molecule has 0 unspecified atom stereocenters. The molecule has 0 fully saturated rings. The molecule has 1 amide bonds. The number of amides is 1. The van der Waals surface area contributed by atoms with E-state index < -0.39 is 16.1 Å². The standard InChI is InChI=1S/C19H22N2O4S/c1-3-14-9-11-15(12-10-14)20-19(22)18-13-21(26(23,24)4-2)16-7-5-6-8-17(16)25-18/h5-12,18H,3-4,13H2,1-2H3,(H,20,22)/t18-/m1/s1. The molecule has 138 valence electrons. The van der Waals surface area contributed by atoms with Gasteiger partial charge >= 0.3 is 0 Å². The maximum absolute atomic E-state index is 12.6. The van der Waals surface area contributed by atoms with E-state index in [0.717, 1.165) is 6.42 Å². The van der Waals surface area contributed by atoms with Crippen LogP contribution in [0, 0.1) is 0 Å². The lowest BCUT2D eigenvalue weighted by Crippen LogP contribution is -2.49. The van der Waals surface area contributed by atoms with Crippen LogP contribution in [0.4, 0.5) is 11.4 Å². The summed E-state index contributed by atoms with van der Waals surface area (Å²) in [6.07, 6.45) is -0.00213. The summed E-state index contributed by atoms with van der Waals surface area (Å²) in [6, 6.07) is 14.4. The number of carbonyl (C=O) groups excluding carboxylic acids is 1. The number of rotatable bonds is 5. The third-order valence-corrected chi connectivity index (χ3v) is 6.10. The molecule has 0 spiro atoms. The Bertz CT molecular complexity index is 894. The van der Waals surface area contributed by atoms with Gasteiger partial charge in [0, 0.05) is 5.69 Å². The van der Waals surface area contributed by atoms with Crippen molar-refractivity contribution in [3.63, 3.8) is 0 Å². The number of aryl methyl sites for hydroxylation is 1. The molecule has 7 heteroatoms. The fourth-order valence-corrected chi connectivity index (χ4v) is 3.93. The van der Waals surface area contributed by atoms with Crippen LogP contribution in [-0.4, -0.2) is 32.7 Å². The number of anilines is 2. The third kappa shape index (κ3) is 3.67. The molecule has 0 saturated heterocycles. The van der Waals surface area contributed by atoms with Crippen molar-refractivity contribution >= 4 is 27.3 Å². The molecule has 1 heterocycles. The zero-order chi connectivity index (χ0) is 18.7. The first-order valence-electron chi connectivity index (χ1n) is 8.60. The van der Waals surface area contributed by atoms with Crippen LogP contribution < -0.4 is 14.4 Å². The number of nitrogens with one attached hydrogen (secondary N) is 1. The molecule has 1 aliphatic rings. The summed E-state index contributed by atoms with van der Waals surface area (Å²) < 4.78 is 31.9. The van der Waals surface area contributed by atoms with Gasteiger partial charge in [-0.05, 0) is 43.2 Å². The van der Waals surface area contributed by atoms with Crippen molar-refractivity contribution in [3.8, 4) is 5.75 Å². The van der Waals surface area contributed by atoms with Crippen LogP contribution in [0.25, 0.3) is 0 Å². The number of para-hydroxylation sites is 2. The Hall–Kier alpha value is -2.54. The molecular formula is C19H22N2O4S. The Morgan fingerprint density at radius 2 is 1.85 bits per heavy atom. The van der Waals surface area contributed by atoms with Crippen LogP contribution in [-0.2, 0) is 21.2 Å². The predicted molar refractivity (Wildman–Crippen MR) is 102 cm³/mol. The van der Waals surface area contributed by atoms with Gasteiger partial charge in [-0.1, -0.05) is 31.2 Å². The lowest BCUT2D eigenvalue weighted by atomic mass is 10.1. The minimum atomic E-state index is -3.51. The SMILES string of the molecule is CCc1ccc(NC(=O)[C@H]2CN(S(=O)(=O)CC)c3ccccc3O2)cc1. The monoisotopic (exact) mass is 374 g/mol. The van der Waals surface area contributed by atoms with Gasteiger partial charge in [-0.25, -0.2) is 8.42 Å². The highest BCUT2D eigenvalue weighted by Crippen LogP contribution is 2.35. The topological polar surface area (TPSA) is 75.7 Å². The van der Waals surface area contributed by atoms with Crippen molar-refractivity contribution in [2.24, 2.45) is 0 Å². The highest BCUT2D eigenvalue weighted by atomic mass is 32.2. The molecule has 1 atom stereocenters. The number of nitrogens with zero attached hydrogens (tertiary/aromatic N) is 1. The molecule has 6 nitrogen and oxygen atoms in total. The lowest BCUT2D eigenvalue weighted by Gasteiger charge is -2.34. The molecule has 2 aromatic carbocycles. The summed E-state index contributed by atoms with van der Waals surface area (Å²) in [6.45, 7) is 3.59. The van der Waals surface area contributed by atoms with Crippen LogP contribution in [0.1, 0.15) is 19.4 Å². The lowest BCUT2D eigenvalue weighted by molar-refractivity contribution is -0.122. The van der Waals surface area contributed by atoms with Crippen LogP contribution in [0.3, 0.4) is 0 Å². The summed E-state index contributed by atoms with van der Waals surface area (Å²) >= 11 is 0. The van der Waals surface area contributed by atoms with Gasteiger partial charge in [0.05, 0.1) is 18.0 Å². The van der Waals surface area contributed by atoms with Gasteiger partial charge in [-0.15, -0.1) is 0 Å². The largest absolute Gasteiger partial charge is 0.476 e. The van der Waals surface area contributed by atoms with Crippen LogP contribution in [0.2, 0.25) is 0 Å². The summed E-state index contributed by atoms with van der Waals surface area (Å²) in [5.74, 6) is -0.0361. The average Bonchev–Trinajstić information content (AvgIpc) is 2.67. The van der Waals surface area contributed by atoms with E-state index in [4.69, 9.17) is 4.74 Å². The highest BCUT2D eigenvalue weighted by Gasteiger charge is 2.35. The quantitative estimate of drug-likeness (QED) is 0.873. The van der Waals surface area contributed by atoms with E-state index in [1.165, 1.54) is 9.87 Å². The number of hydrogen-bond acceptors (Lipinski definition) is 4. The second-order valence-electron chi connectivity index (χ2n) is 6.05. The van der Waals surface area contributed by atoms with E-state index in [2.05, 4.69) is 12.2 Å². The number of ether oxygens (including phenoxy) is 1. The van der Waals surface area contributed by atoms with Crippen LogP contribution >= 0.6 is 0 Å². The van der Waals surface area contributed by atoms with Gasteiger partial charge in [0.15, 0.2) is 6.10 Å². The van der Waals surface area contributed by atoms with Crippen molar-refractivity contribution in [2.45, 2.75) is 26.4 Å². The van der Waals surface area contributed by atoms with Gasteiger partial charge in [-0.2, -0.15) is 0 Å². The Labute approximate surface area is 153 Å². The first kappa shape index (κ1) is 18.3. The normalized spacial score (nSPS) is 16.5. The van der Waals surface area contributed by atoms with Gasteiger partial charge in [0.25, 0.3) is 5.91 Å². The maximum atomic E-state index is 12.6. The molecule has 1 aliphatic heterocycles. The second-order valence-corrected chi connectivity index (χ2v) is 8.23. The first-order chi connectivity index (χ1) is 12.4. The van der Waals surface area contributed by atoms with Crippen molar-refractivity contribution < 1.29 is 17.9 Å². The van der Waals surface area contributed by atoms with Crippen LogP contribution in [0.5, 0.6) is 5.75 Å². The second kappa shape index (κ2) is 7.37. The van der Waals surface area contributed by atoms with Gasteiger partial charge in [-0.3, -0.25) is 9.10 Å². The zero-order valence-electron chi connectivity index (χ0n) is 14.8. The predicted octanol–water partition coefficient (Wildman–Crippen LogP) is 2.80. The summed E-state index contributed by atoms with van der Waals surface area (Å²) in [5, 5.41) is 2.80. The maximum Gasteiger partial charge on any atom is 0.267 e. The van der Waals surface area contributed by atoms with Gasteiger partial charge in [0.2, 0.25) is 10.0 Å². The number of sulfonamides is 1. The molecule has 3 rings (SSSR count). The van der Waals surface area contributed by atoms with Crippen molar-refractivity contribution in [1.82, 2.24) is 0 Å². The van der Waals surface area contributed by atoms with Crippen molar-refractivity contribution in [1.29, 1.82) is 0 Å². The van der Waals surface area contributed by atoms with E-state index in [-0.39, 0.29) is 18.2 Å². The van der Waals surface area contributed by atoms with Crippen molar-refractivity contribution in [2.75, 3.05) is 21.9 Å². The molecule has 0 aliphatic carbocycles. The Morgan fingerprint density at radius 3 is 2.50 bits per heavy atom. The Kier molecular flexibility index (Phi) is 5.18. The summed E-state index contributed by atoms with van der Waals surface area (Å²) in [7, 11) is -3.51. The molecule has 26 heavy (non-hydrogen) atoms. The zero-order valence-corrected chi connectivity index (χ0v) is 15.6. The van der Waals surface area contributed by atoms with Gasteiger partial charge in [0.1, 0.15) is 5.75 Å². The van der Waals surface area contributed by atoms with E-state index in [0.29, 0.717) is 17.1 Å². The Balaban J connectivity index is 1.83. The number of carbonyl (C=O) groups is 1. The molecule has 0 saturated carbocycles. The minimum absolute atomic E-state index is 0.0475. The molecule has 2 aromatic rings. The van der Waals surface area contributed by atoms with Crippen LogP contribution in [0.15, 0.2) is 48.5 Å². The molecule has 0 bridgehead atoms. The summed E-state index contributed by atoms with van der Waals surface area (Å²) in [5.41, 5.74) is 2.29. The van der Waals surface area contributed by atoms with E-state index in [1.807, 2.05) is 24.3 Å². The van der Waals surface area contributed by atoms with Gasteiger partial charge < -0.3 is 10.1 Å². The van der Waals surface area contributed by atoms with Crippen molar-refractivity contribution in [3.05, 3.63) is 54.1 Å². The molecular weight excluding hydrogens is 352 g/mol. The summed E-state index contributed by atoms with van der Waals surface area (Å²) in [4.78, 5) is 12.6. The fraction of sp³-hybridized carbons (Fsp3) is 0.316. The number of benzene rings is 2. The minimum Gasteiger partial charge on any atom is -0.476 e. The number of fused-ring (bicyclic) bond motifs is 1. The first-order valence-corrected chi connectivity index (χ1v) is 10.2. The molecule has 0 aromatic heterocycles. The smallest absolute Gasteiger partial charge is 0.267 e. The molecule has 1 N–H and O–H groups in total. The molecule has 0 radical (unpaired) electrons. The Morgan fingerprint density at radius 1 is 1.15 bits per heavy atom. The average molecular weight is 374 g/mol. The highest BCUT2D eigenvalue weighted by molar-refractivity contribution is 7.92. The fourth-order valence-electron chi connectivity index (χ4n) is 2.80. The number of hydrogen-bond donors (Lipinski definition) is 1. The van der Waals surface area contributed by atoms with E-state index >= 15 is 0 Å².